The van der Waals surface area contributed by atoms with Crippen LogP contribution < -0.4 is 0 Å². The molecule has 4 rings (SSSR count). The lowest BCUT2D eigenvalue weighted by atomic mass is 10.1. The summed E-state index contributed by atoms with van der Waals surface area (Å²) in [6, 6.07) is 10.3. The molecule has 160 valence electrons. The van der Waals surface area contributed by atoms with E-state index in [1.807, 2.05) is 4.90 Å². The maximum absolute atomic E-state index is 13.6. The molecule has 0 spiro atoms. The molecule has 1 unspecified atom stereocenters. The Kier molecular flexibility index (Phi) is 5.86. The van der Waals surface area contributed by atoms with Gasteiger partial charge in [0.1, 0.15) is 17.7 Å². The predicted molar refractivity (Wildman–Crippen MR) is 107 cm³/mol. The Bertz CT molecular complexity index is 1030. The number of rotatable bonds is 4. The molecule has 2 aliphatic heterocycles. The van der Waals surface area contributed by atoms with Gasteiger partial charge in [-0.15, -0.1) is 0 Å². The van der Waals surface area contributed by atoms with Gasteiger partial charge in [0.15, 0.2) is 0 Å². The number of carbonyl (C=O) groups excluding carboxylic acids is 1. The number of benzene rings is 2. The molecule has 2 heterocycles. The van der Waals surface area contributed by atoms with E-state index >= 15 is 0 Å². The van der Waals surface area contributed by atoms with Crippen LogP contribution in [0.5, 0.6) is 0 Å². The molecule has 0 aromatic heterocycles. The molecule has 0 aliphatic carbocycles. The van der Waals surface area contributed by atoms with Crippen molar-refractivity contribution in [1.29, 1.82) is 0 Å². The Labute approximate surface area is 174 Å². The first-order chi connectivity index (χ1) is 14.3. The number of carbonyl (C=O) groups is 1. The zero-order valence-electron chi connectivity index (χ0n) is 16.4. The van der Waals surface area contributed by atoms with Crippen molar-refractivity contribution in [3.63, 3.8) is 0 Å². The normalized spacial score (nSPS) is 21.3. The first-order valence-corrected chi connectivity index (χ1v) is 11.3. The fourth-order valence-electron chi connectivity index (χ4n) is 4.04. The van der Waals surface area contributed by atoms with Crippen LogP contribution in [0.15, 0.2) is 53.4 Å². The van der Waals surface area contributed by atoms with E-state index in [1.165, 1.54) is 34.6 Å². The molecule has 2 fully saturated rings. The van der Waals surface area contributed by atoms with Crippen LogP contribution in [0.4, 0.5) is 8.78 Å². The second-order valence-corrected chi connectivity index (χ2v) is 9.55. The van der Waals surface area contributed by atoms with Crippen LogP contribution in [0, 0.1) is 11.6 Å². The molecule has 6 nitrogen and oxygen atoms in total. The van der Waals surface area contributed by atoms with Gasteiger partial charge in [-0.3, -0.25) is 9.69 Å². The molecule has 0 bridgehead atoms. The van der Waals surface area contributed by atoms with Crippen molar-refractivity contribution < 1.29 is 22.0 Å². The monoisotopic (exact) mass is 435 g/mol. The number of hydrogen-bond donors (Lipinski definition) is 0. The fraction of sp³-hybridized carbons (Fsp3) is 0.381. The van der Waals surface area contributed by atoms with Gasteiger partial charge < -0.3 is 4.90 Å². The summed E-state index contributed by atoms with van der Waals surface area (Å²) in [4.78, 5) is 16.8. The molecular weight excluding hydrogens is 412 g/mol. The van der Waals surface area contributed by atoms with Crippen LogP contribution in [0.2, 0.25) is 0 Å². The predicted octanol–water partition coefficient (Wildman–Crippen LogP) is 2.07. The molecule has 2 aromatic carbocycles. The van der Waals surface area contributed by atoms with Gasteiger partial charge >= 0.3 is 0 Å². The first-order valence-electron chi connectivity index (χ1n) is 9.87. The van der Waals surface area contributed by atoms with E-state index in [0.717, 1.165) is 11.6 Å². The molecule has 1 atom stereocenters. The van der Waals surface area contributed by atoms with Gasteiger partial charge in [-0.1, -0.05) is 18.2 Å². The highest BCUT2D eigenvalue weighted by molar-refractivity contribution is 7.89. The SMILES string of the molecule is O=C1C2CN(S(=O)(=O)c3cccc(F)c3)CCCN2CCN1Cc1ccc(F)cc1. The summed E-state index contributed by atoms with van der Waals surface area (Å²) < 4.78 is 54.1. The highest BCUT2D eigenvalue weighted by Crippen LogP contribution is 2.24. The van der Waals surface area contributed by atoms with Gasteiger partial charge in [0.05, 0.1) is 4.90 Å². The minimum atomic E-state index is -3.91. The topological polar surface area (TPSA) is 60.9 Å². The second-order valence-electron chi connectivity index (χ2n) is 7.61. The molecular formula is C21H23F2N3O3S. The lowest BCUT2D eigenvalue weighted by molar-refractivity contribution is -0.142. The molecule has 2 aromatic rings. The lowest BCUT2D eigenvalue weighted by Gasteiger charge is -2.40. The maximum Gasteiger partial charge on any atom is 0.243 e. The summed E-state index contributed by atoms with van der Waals surface area (Å²) >= 11 is 0. The Morgan fingerprint density at radius 1 is 0.933 bits per heavy atom. The first kappa shape index (κ1) is 20.9. The zero-order valence-corrected chi connectivity index (χ0v) is 17.2. The lowest BCUT2D eigenvalue weighted by Crippen LogP contribution is -2.59. The number of amides is 1. The molecule has 2 saturated heterocycles. The van der Waals surface area contributed by atoms with Crippen molar-refractivity contribution >= 4 is 15.9 Å². The third-order valence-corrected chi connectivity index (χ3v) is 7.51. The van der Waals surface area contributed by atoms with Crippen LogP contribution in [-0.4, -0.2) is 67.2 Å². The Hall–Kier alpha value is -2.36. The second kappa shape index (κ2) is 8.41. The van der Waals surface area contributed by atoms with E-state index < -0.39 is 21.9 Å². The number of sulfonamides is 1. The highest BCUT2D eigenvalue weighted by Gasteiger charge is 2.40. The molecule has 30 heavy (non-hydrogen) atoms. The summed E-state index contributed by atoms with van der Waals surface area (Å²) in [5, 5.41) is 0. The minimum Gasteiger partial charge on any atom is -0.336 e. The number of fused-ring (bicyclic) bond motifs is 1. The van der Waals surface area contributed by atoms with E-state index in [-0.39, 0.29) is 29.7 Å². The number of halogens is 2. The third-order valence-electron chi connectivity index (χ3n) is 5.64. The highest BCUT2D eigenvalue weighted by atomic mass is 32.2. The standard InChI is InChI=1S/C21H23F2N3O3S/c22-17-7-5-16(6-8-17)14-25-12-11-24-9-2-10-26(15-20(24)21(25)27)30(28,29)19-4-1-3-18(23)13-19/h1,3-8,13,20H,2,9-12,14-15H2. The van der Waals surface area contributed by atoms with E-state index in [4.69, 9.17) is 0 Å². The van der Waals surface area contributed by atoms with Crippen molar-refractivity contribution in [3.05, 3.63) is 65.7 Å². The Morgan fingerprint density at radius 3 is 2.43 bits per heavy atom. The summed E-state index contributed by atoms with van der Waals surface area (Å²) in [6.45, 7) is 2.44. The van der Waals surface area contributed by atoms with Gasteiger partial charge in [0.2, 0.25) is 15.9 Å². The van der Waals surface area contributed by atoms with Crippen LogP contribution in [-0.2, 0) is 21.4 Å². The summed E-state index contributed by atoms with van der Waals surface area (Å²) in [5.74, 6) is -1.10. The summed E-state index contributed by atoms with van der Waals surface area (Å²) in [7, 11) is -3.91. The quantitative estimate of drug-likeness (QED) is 0.738. The van der Waals surface area contributed by atoms with Gasteiger partial charge in [-0.25, -0.2) is 17.2 Å². The average molecular weight is 435 g/mol. The minimum absolute atomic E-state index is 0.0254. The number of piperazine rings is 1. The van der Waals surface area contributed by atoms with Gasteiger partial charge in [0.25, 0.3) is 0 Å². The Morgan fingerprint density at radius 2 is 1.70 bits per heavy atom. The van der Waals surface area contributed by atoms with Gasteiger partial charge in [0, 0.05) is 39.3 Å². The molecule has 2 aliphatic rings. The molecule has 0 N–H and O–H groups in total. The Balaban J connectivity index is 1.54. The molecule has 0 radical (unpaired) electrons. The van der Waals surface area contributed by atoms with E-state index in [2.05, 4.69) is 0 Å². The van der Waals surface area contributed by atoms with E-state index in [9.17, 15) is 22.0 Å². The van der Waals surface area contributed by atoms with Crippen molar-refractivity contribution in [1.82, 2.24) is 14.1 Å². The number of hydrogen-bond acceptors (Lipinski definition) is 4. The van der Waals surface area contributed by atoms with Crippen LogP contribution in [0.25, 0.3) is 0 Å². The van der Waals surface area contributed by atoms with Gasteiger partial charge in [-0.05, 0) is 42.3 Å². The van der Waals surface area contributed by atoms with Crippen LogP contribution in [0.3, 0.4) is 0 Å². The fourth-order valence-corrected chi connectivity index (χ4v) is 5.56. The van der Waals surface area contributed by atoms with Crippen molar-refractivity contribution in [2.45, 2.75) is 23.9 Å². The van der Waals surface area contributed by atoms with Crippen molar-refractivity contribution in [2.75, 3.05) is 32.7 Å². The third kappa shape index (κ3) is 4.23. The van der Waals surface area contributed by atoms with Crippen molar-refractivity contribution in [3.8, 4) is 0 Å². The zero-order chi connectivity index (χ0) is 21.3. The summed E-state index contributed by atoms with van der Waals surface area (Å²) in [6.07, 6.45) is 0.594. The molecule has 0 saturated carbocycles. The molecule has 1 amide bonds. The van der Waals surface area contributed by atoms with Crippen LogP contribution in [0.1, 0.15) is 12.0 Å². The smallest absolute Gasteiger partial charge is 0.243 e. The maximum atomic E-state index is 13.6. The average Bonchev–Trinajstić information content (AvgIpc) is 2.95. The van der Waals surface area contributed by atoms with E-state index in [0.29, 0.717) is 32.6 Å². The van der Waals surface area contributed by atoms with Gasteiger partial charge in [-0.2, -0.15) is 4.31 Å². The number of nitrogens with zero attached hydrogens (tertiary/aromatic N) is 3. The van der Waals surface area contributed by atoms with E-state index in [1.54, 1.807) is 17.0 Å². The largest absolute Gasteiger partial charge is 0.336 e. The molecule has 9 heteroatoms. The van der Waals surface area contributed by atoms with Crippen LogP contribution >= 0.6 is 0 Å². The van der Waals surface area contributed by atoms with Crippen molar-refractivity contribution in [2.24, 2.45) is 0 Å². The summed E-state index contributed by atoms with van der Waals surface area (Å²) in [5.41, 5.74) is 0.816.